The maximum Gasteiger partial charge on any atom is 0.351 e. The van der Waals surface area contributed by atoms with Gasteiger partial charge in [0.1, 0.15) is 0 Å². The van der Waals surface area contributed by atoms with E-state index in [0.29, 0.717) is 6.61 Å². The largest absolute Gasteiger partial charge is 0.463 e. The fourth-order valence-electron chi connectivity index (χ4n) is 2.69. The highest BCUT2D eigenvalue weighted by Crippen LogP contribution is 2.33. The number of rotatable bonds is 6. The van der Waals surface area contributed by atoms with Gasteiger partial charge in [-0.15, -0.1) is 5.92 Å². The van der Waals surface area contributed by atoms with Crippen LogP contribution >= 0.6 is 0 Å². The third-order valence-corrected chi connectivity index (χ3v) is 3.81. The Balaban J connectivity index is 2.58. The van der Waals surface area contributed by atoms with Crippen molar-refractivity contribution in [3.05, 3.63) is 0 Å². The van der Waals surface area contributed by atoms with E-state index in [4.69, 9.17) is 4.74 Å². The SMILES string of the molecule is CC#CC(O)(C(=O)OCCCN(C)C)C1CCCCC1. The Kier molecular flexibility index (Phi) is 7.04. The number of hydrogen-bond donors (Lipinski definition) is 1. The van der Waals surface area contributed by atoms with Gasteiger partial charge in [0.25, 0.3) is 0 Å². The van der Waals surface area contributed by atoms with Crippen LogP contribution in [-0.2, 0) is 9.53 Å². The summed E-state index contributed by atoms with van der Waals surface area (Å²) in [6, 6.07) is 0. The third-order valence-electron chi connectivity index (χ3n) is 3.81. The average molecular weight is 281 g/mol. The molecule has 0 bridgehead atoms. The molecule has 0 saturated heterocycles. The summed E-state index contributed by atoms with van der Waals surface area (Å²) in [5, 5.41) is 10.7. The molecule has 1 aliphatic carbocycles. The maximum absolute atomic E-state index is 12.2. The van der Waals surface area contributed by atoms with Crippen molar-refractivity contribution in [3.63, 3.8) is 0 Å². The highest BCUT2D eigenvalue weighted by molar-refractivity contribution is 5.83. The van der Waals surface area contributed by atoms with Gasteiger partial charge < -0.3 is 14.7 Å². The van der Waals surface area contributed by atoms with E-state index in [0.717, 1.165) is 38.6 Å². The van der Waals surface area contributed by atoms with Crippen molar-refractivity contribution in [2.24, 2.45) is 5.92 Å². The first-order valence-electron chi connectivity index (χ1n) is 7.49. The Morgan fingerprint density at radius 2 is 2.00 bits per heavy atom. The molecule has 4 heteroatoms. The first kappa shape index (κ1) is 17.0. The molecule has 114 valence electrons. The summed E-state index contributed by atoms with van der Waals surface area (Å²) in [6.07, 6.45) is 5.72. The number of hydrogen-bond acceptors (Lipinski definition) is 4. The molecule has 1 unspecified atom stereocenters. The van der Waals surface area contributed by atoms with E-state index in [2.05, 4.69) is 11.8 Å². The molecule has 1 aliphatic rings. The maximum atomic E-state index is 12.2. The highest BCUT2D eigenvalue weighted by atomic mass is 16.5. The zero-order chi connectivity index (χ0) is 15.0. The van der Waals surface area contributed by atoms with Crippen LogP contribution in [0.15, 0.2) is 0 Å². The van der Waals surface area contributed by atoms with E-state index < -0.39 is 11.6 Å². The van der Waals surface area contributed by atoms with Crippen molar-refractivity contribution in [1.29, 1.82) is 0 Å². The molecule has 0 heterocycles. The Hall–Kier alpha value is -1.05. The van der Waals surface area contributed by atoms with E-state index in [-0.39, 0.29) is 5.92 Å². The van der Waals surface area contributed by atoms with E-state index in [9.17, 15) is 9.90 Å². The molecule has 0 aromatic rings. The lowest BCUT2D eigenvalue weighted by Gasteiger charge is -2.32. The molecule has 0 radical (unpaired) electrons. The van der Waals surface area contributed by atoms with Gasteiger partial charge in [0.2, 0.25) is 5.60 Å². The van der Waals surface area contributed by atoms with Crippen molar-refractivity contribution < 1.29 is 14.6 Å². The van der Waals surface area contributed by atoms with Gasteiger partial charge >= 0.3 is 5.97 Å². The van der Waals surface area contributed by atoms with Gasteiger partial charge in [0, 0.05) is 12.5 Å². The van der Waals surface area contributed by atoms with E-state index >= 15 is 0 Å². The number of aliphatic hydroxyl groups is 1. The Bertz CT molecular complexity index is 364. The molecule has 1 N–H and O–H groups in total. The van der Waals surface area contributed by atoms with Gasteiger partial charge in [-0.3, -0.25) is 0 Å². The van der Waals surface area contributed by atoms with Gasteiger partial charge in [0.15, 0.2) is 0 Å². The normalized spacial score (nSPS) is 19.1. The van der Waals surface area contributed by atoms with Crippen molar-refractivity contribution >= 4 is 5.97 Å². The molecule has 1 saturated carbocycles. The van der Waals surface area contributed by atoms with Crippen LogP contribution in [0.5, 0.6) is 0 Å². The predicted octanol–water partition coefficient (Wildman–Crippen LogP) is 1.82. The van der Waals surface area contributed by atoms with E-state index in [1.807, 2.05) is 19.0 Å². The molecule has 0 spiro atoms. The van der Waals surface area contributed by atoms with Crippen LogP contribution in [0.3, 0.4) is 0 Å². The molecule has 0 aromatic carbocycles. The Morgan fingerprint density at radius 1 is 1.35 bits per heavy atom. The summed E-state index contributed by atoms with van der Waals surface area (Å²) in [6.45, 7) is 2.83. The second kappa shape index (κ2) is 8.28. The summed E-state index contributed by atoms with van der Waals surface area (Å²) in [4.78, 5) is 14.2. The minimum absolute atomic E-state index is 0.0925. The van der Waals surface area contributed by atoms with Crippen LogP contribution in [0.1, 0.15) is 45.4 Å². The van der Waals surface area contributed by atoms with Crippen LogP contribution in [-0.4, -0.2) is 48.8 Å². The van der Waals surface area contributed by atoms with Crippen LogP contribution in [0.4, 0.5) is 0 Å². The molecule has 4 nitrogen and oxygen atoms in total. The second-order valence-corrected chi connectivity index (χ2v) is 5.77. The lowest BCUT2D eigenvalue weighted by atomic mass is 9.77. The van der Waals surface area contributed by atoms with Gasteiger partial charge in [0.05, 0.1) is 6.61 Å². The fraction of sp³-hybridized carbons (Fsp3) is 0.812. The van der Waals surface area contributed by atoms with Crippen molar-refractivity contribution in [3.8, 4) is 11.8 Å². The van der Waals surface area contributed by atoms with Crippen LogP contribution in [0.25, 0.3) is 0 Å². The van der Waals surface area contributed by atoms with E-state index in [1.165, 1.54) is 6.42 Å². The minimum atomic E-state index is -1.62. The Morgan fingerprint density at radius 3 is 2.55 bits per heavy atom. The quantitative estimate of drug-likeness (QED) is 0.458. The number of carbonyl (C=O) groups excluding carboxylic acids is 1. The topological polar surface area (TPSA) is 49.8 Å². The number of nitrogens with zero attached hydrogens (tertiary/aromatic N) is 1. The standard InChI is InChI=1S/C16H27NO3/c1-4-11-16(19,14-9-6-5-7-10-14)15(18)20-13-8-12-17(2)3/h14,19H,5-10,12-13H2,1-3H3. The lowest BCUT2D eigenvalue weighted by molar-refractivity contribution is -0.165. The first-order chi connectivity index (χ1) is 9.50. The third kappa shape index (κ3) is 4.81. The lowest BCUT2D eigenvalue weighted by Crippen LogP contribution is -2.47. The molecule has 20 heavy (non-hydrogen) atoms. The smallest absolute Gasteiger partial charge is 0.351 e. The zero-order valence-electron chi connectivity index (χ0n) is 12.9. The average Bonchev–Trinajstić information content (AvgIpc) is 2.44. The summed E-state index contributed by atoms with van der Waals surface area (Å²) < 4.78 is 5.25. The predicted molar refractivity (Wildman–Crippen MR) is 79.1 cm³/mol. The van der Waals surface area contributed by atoms with Crippen LogP contribution in [0, 0.1) is 17.8 Å². The Labute approximate surface area is 122 Å². The van der Waals surface area contributed by atoms with Crippen molar-refractivity contribution in [2.45, 2.75) is 51.0 Å². The van der Waals surface area contributed by atoms with Gasteiger partial charge in [-0.25, -0.2) is 4.79 Å². The summed E-state index contributed by atoms with van der Waals surface area (Å²) in [5.41, 5.74) is -1.62. The monoisotopic (exact) mass is 281 g/mol. The van der Waals surface area contributed by atoms with Gasteiger partial charge in [-0.1, -0.05) is 25.2 Å². The fourth-order valence-corrected chi connectivity index (χ4v) is 2.69. The second-order valence-electron chi connectivity index (χ2n) is 5.77. The van der Waals surface area contributed by atoms with Crippen molar-refractivity contribution in [2.75, 3.05) is 27.2 Å². The summed E-state index contributed by atoms with van der Waals surface area (Å²) >= 11 is 0. The molecule has 0 aliphatic heterocycles. The van der Waals surface area contributed by atoms with E-state index in [1.54, 1.807) is 6.92 Å². The molecule has 0 amide bonds. The number of ether oxygens (including phenoxy) is 1. The van der Waals surface area contributed by atoms with Gasteiger partial charge in [-0.2, -0.15) is 0 Å². The molecule has 1 rings (SSSR count). The van der Waals surface area contributed by atoms with Crippen LogP contribution in [0.2, 0.25) is 0 Å². The molecule has 1 atom stereocenters. The summed E-state index contributed by atoms with van der Waals surface area (Å²) in [5.74, 6) is 4.72. The zero-order valence-corrected chi connectivity index (χ0v) is 12.9. The molecule has 0 aromatic heterocycles. The number of esters is 1. The first-order valence-corrected chi connectivity index (χ1v) is 7.49. The van der Waals surface area contributed by atoms with Gasteiger partial charge in [-0.05, 0) is 40.3 Å². The molecular formula is C16H27NO3. The van der Waals surface area contributed by atoms with Crippen LogP contribution < -0.4 is 0 Å². The highest BCUT2D eigenvalue weighted by Gasteiger charge is 2.44. The molecular weight excluding hydrogens is 254 g/mol. The van der Waals surface area contributed by atoms with Crippen molar-refractivity contribution in [1.82, 2.24) is 4.90 Å². The summed E-state index contributed by atoms with van der Waals surface area (Å²) in [7, 11) is 3.95. The number of carbonyl (C=O) groups is 1. The minimum Gasteiger partial charge on any atom is -0.463 e. The molecule has 1 fully saturated rings.